The molecule has 0 amide bonds. The first-order valence-corrected chi connectivity index (χ1v) is 8.01. The molecule has 2 aromatic carbocycles. The van der Waals surface area contributed by atoms with Crippen LogP contribution >= 0.6 is 0 Å². The number of rotatable bonds is 4. The Labute approximate surface area is 137 Å². The summed E-state index contributed by atoms with van der Waals surface area (Å²) in [5, 5.41) is 3.54. The van der Waals surface area contributed by atoms with Crippen LogP contribution in [0.4, 0.5) is 11.4 Å². The molecule has 23 heavy (non-hydrogen) atoms. The predicted octanol–water partition coefficient (Wildman–Crippen LogP) is 3.55. The van der Waals surface area contributed by atoms with Crippen LogP contribution in [0.25, 0.3) is 0 Å². The monoisotopic (exact) mass is 310 g/mol. The molecule has 3 rings (SSSR count). The van der Waals surface area contributed by atoms with Crippen LogP contribution in [0.5, 0.6) is 0 Å². The molecule has 1 saturated heterocycles. The summed E-state index contributed by atoms with van der Waals surface area (Å²) in [5.41, 5.74) is 2.85. The van der Waals surface area contributed by atoms with Gasteiger partial charge in [-0.3, -0.25) is 0 Å². The molecule has 0 unspecified atom stereocenters. The lowest BCUT2D eigenvalue weighted by Crippen LogP contribution is -2.39. The average Bonchev–Trinajstić information content (AvgIpc) is 2.62. The topological polar surface area (TPSA) is 41.6 Å². The molecule has 0 bridgehead atoms. The van der Waals surface area contributed by atoms with Crippen molar-refractivity contribution < 1.29 is 9.53 Å². The second-order valence-electron chi connectivity index (χ2n) is 5.81. The van der Waals surface area contributed by atoms with Crippen LogP contribution in [-0.2, 0) is 4.74 Å². The van der Waals surface area contributed by atoms with Gasteiger partial charge in [0.2, 0.25) is 0 Å². The van der Waals surface area contributed by atoms with Crippen molar-refractivity contribution >= 4 is 17.3 Å². The molecule has 4 heteroatoms. The number of nitrogens with one attached hydrogen (secondary N) is 1. The average molecular weight is 310 g/mol. The van der Waals surface area contributed by atoms with E-state index in [9.17, 15) is 4.79 Å². The van der Waals surface area contributed by atoms with Gasteiger partial charge in [-0.1, -0.05) is 24.3 Å². The van der Waals surface area contributed by atoms with Crippen LogP contribution in [0, 0.1) is 0 Å². The van der Waals surface area contributed by atoms with Crippen LogP contribution in [0.2, 0.25) is 0 Å². The Kier molecular flexibility index (Phi) is 4.81. The summed E-state index contributed by atoms with van der Waals surface area (Å²) in [4.78, 5) is 14.0. The van der Waals surface area contributed by atoms with Crippen molar-refractivity contribution in [3.8, 4) is 0 Å². The molecule has 0 atom stereocenters. The SMILES string of the molecule is COC(=O)c1cccc(NC2CCN(c3ccccc3)CC2)c1. The van der Waals surface area contributed by atoms with Gasteiger partial charge in [0.25, 0.3) is 0 Å². The van der Waals surface area contributed by atoms with Crippen LogP contribution < -0.4 is 10.2 Å². The highest BCUT2D eigenvalue weighted by Gasteiger charge is 2.19. The number of anilines is 2. The van der Waals surface area contributed by atoms with E-state index >= 15 is 0 Å². The molecule has 1 N–H and O–H groups in total. The second-order valence-corrected chi connectivity index (χ2v) is 5.81. The zero-order valence-corrected chi connectivity index (χ0v) is 13.4. The summed E-state index contributed by atoms with van der Waals surface area (Å²) in [6.07, 6.45) is 2.16. The van der Waals surface area contributed by atoms with Gasteiger partial charge >= 0.3 is 5.97 Å². The quantitative estimate of drug-likeness (QED) is 0.877. The van der Waals surface area contributed by atoms with E-state index in [0.29, 0.717) is 11.6 Å². The fourth-order valence-electron chi connectivity index (χ4n) is 3.01. The number of piperidine rings is 1. The number of para-hydroxylation sites is 1. The third-order valence-corrected chi connectivity index (χ3v) is 4.27. The maximum absolute atomic E-state index is 11.6. The number of benzene rings is 2. The highest BCUT2D eigenvalue weighted by atomic mass is 16.5. The van der Waals surface area contributed by atoms with Gasteiger partial charge in [-0.05, 0) is 43.2 Å². The van der Waals surface area contributed by atoms with Crippen LogP contribution in [0.1, 0.15) is 23.2 Å². The Hall–Kier alpha value is -2.49. The number of nitrogens with zero attached hydrogens (tertiary/aromatic N) is 1. The second kappa shape index (κ2) is 7.18. The highest BCUT2D eigenvalue weighted by Crippen LogP contribution is 2.22. The molecule has 1 fully saturated rings. The molecule has 0 aromatic heterocycles. The molecule has 0 radical (unpaired) electrons. The minimum atomic E-state index is -0.299. The van der Waals surface area contributed by atoms with Crippen molar-refractivity contribution in [3.63, 3.8) is 0 Å². The van der Waals surface area contributed by atoms with Gasteiger partial charge in [0.15, 0.2) is 0 Å². The summed E-state index contributed by atoms with van der Waals surface area (Å²) in [6, 6.07) is 18.5. The van der Waals surface area contributed by atoms with E-state index in [4.69, 9.17) is 4.74 Å². The van der Waals surface area contributed by atoms with E-state index < -0.39 is 0 Å². The van der Waals surface area contributed by atoms with Gasteiger partial charge in [0.05, 0.1) is 12.7 Å². The number of hydrogen-bond donors (Lipinski definition) is 1. The minimum absolute atomic E-state index is 0.299. The summed E-state index contributed by atoms with van der Waals surface area (Å²) in [6.45, 7) is 2.08. The Balaban J connectivity index is 1.58. The molecule has 0 aliphatic carbocycles. The van der Waals surface area contributed by atoms with Crippen LogP contribution in [0.15, 0.2) is 54.6 Å². The fourth-order valence-corrected chi connectivity index (χ4v) is 3.01. The molecule has 1 aliphatic rings. The third-order valence-electron chi connectivity index (χ3n) is 4.27. The Morgan fingerprint density at radius 3 is 2.52 bits per heavy atom. The summed E-state index contributed by atoms with van der Waals surface area (Å²) >= 11 is 0. The van der Waals surface area contributed by atoms with Gasteiger partial charge in [-0.2, -0.15) is 0 Å². The smallest absolute Gasteiger partial charge is 0.337 e. The van der Waals surface area contributed by atoms with Crippen molar-refractivity contribution in [1.82, 2.24) is 0 Å². The molecule has 1 heterocycles. The number of methoxy groups -OCH3 is 1. The number of carbonyl (C=O) groups is 1. The molecule has 2 aromatic rings. The van der Waals surface area contributed by atoms with E-state index in [1.807, 2.05) is 24.3 Å². The Morgan fingerprint density at radius 1 is 1.09 bits per heavy atom. The minimum Gasteiger partial charge on any atom is -0.465 e. The highest BCUT2D eigenvalue weighted by molar-refractivity contribution is 5.90. The van der Waals surface area contributed by atoms with Crippen molar-refractivity contribution in [2.45, 2.75) is 18.9 Å². The van der Waals surface area contributed by atoms with Crippen LogP contribution in [0.3, 0.4) is 0 Å². The molecular weight excluding hydrogens is 288 g/mol. The number of carbonyl (C=O) groups excluding carboxylic acids is 1. The van der Waals surface area contributed by atoms with Gasteiger partial charge in [-0.15, -0.1) is 0 Å². The number of hydrogen-bond acceptors (Lipinski definition) is 4. The molecule has 4 nitrogen and oxygen atoms in total. The molecule has 120 valence electrons. The summed E-state index contributed by atoms with van der Waals surface area (Å²) in [7, 11) is 1.40. The van der Waals surface area contributed by atoms with Crippen LogP contribution in [-0.4, -0.2) is 32.2 Å². The summed E-state index contributed by atoms with van der Waals surface area (Å²) < 4.78 is 4.77. The maximum Gasteiger partial charge on any atom is 0.337 e. The van der Waals surface area contributed by atoms with E-state index in [1.165, 1.54) is 12.8 Å². The molecule has 0 saturated carbocycles. The van der Waals surface area contributed by atoms with E-state index in [1.54, 1.807) is 6.07 Å². The van der Waals surface area contributed by atoms with E-state index in [0.717, 1.165) is 31.6 Å². The van der Waals surface area contributed by atoms with Crippen molar-refractivity contribution in [3.05, 3.63) is 60.2 Å². The maximum atomic E-state index is 11.6. The van der Waals surface area contributed by atoms with Gasteiger partial charge in [0, 0.05) is 30.5 Å². The fraction of sp³-hybridized carbons (Fsp3) is 0.316. The standard InChI is InChI=1S/C19H22N2O2/c1-23-19(22)15-6-5-7-17(14-15)20-16-10-12-21(13-11-16)18-8-3-2-4-9-18/h2-9,14,16,20H,10-13H2,1H3. The number of esters is 1. The van der Waals surface area contributed by atoms with E-state index in [2.05, 4.69) is 34.5 Å². The van der Waals surface area contributed by atoms with Crippen molar-refractivity contribution in [2.75, 3.05) is 30.4 Å². The van der Waals surface area contributed by atoms with Crippen molar-refractivity contribution in [2.24, 2.45) is 0 Å². The van der Waals surface area contributed by atoms with Crippen molar-refractivity contribution in [1.29, 1.82) is 0 Å². The zero-order valence-electron chi connectivity index (χ0n) is 13.4. The molecular formula is C19H22N2O2. The molecule has 0 spiro atoms. The number of ether oxygens (including phenoxy) is 1. The lowest BCUT2D eigenvalue weighted by atomic mass is 10.0. The summed E-state index contributed by atoms with van der Waals surface area (Å²) in [5.74, 6) is -0.299. The first kappa shape index (κ1) is 15.4. The van der Waals surface area contributed by atoms with E-state index in [-0.39, 0.29) is 5.97 Å². The third kappa shape index (κ3) is 3.83. The van der Waals surface area contributed by atoms with Gasteiger partial charge < -0.3 is 15.0 Å². The zero-order chi connectivity index (χ0) is 16.1. The Morgan fingerprint density at radius 2 is 1.83 bits per heavy atom. The lowest BCUT2D eigenvalue weighted by molar-refractivity contribution is 0.0601. The lowest BCUT2D eigenvalue weighted by Gasteiger charge is -2.34. The predicted molar refractivity (Wildman–Crippen MR) is 93.1 cm³/mol. The first-order chi connectivity index (χ1) is 11.3. The normalized spacial score (nSPS) is 15.3. The first-order valence-electron chi connectivity index (χ1n) is 8.01. The van der Waals surface area contributed by atoms with Gasteiger partial charge in [-0.25, -0.2) is 4.79 Å². The van der Waals surface area contributed by atoms with Gasteiger partial charge in [0.1, 0.15) is 0 Å². The molecule has 1 aliphatic heterocycles. The largest absolute Gasteiger partial charge is 0.465 e. The Bertz CT molecular complexity index is 649.